The van der Waals surface area contributed by atoms with Gasteiger partial charge < -0.3 is 14.2 Å². The number of rotatable bonds is 24. The van der Waals surface area contributed by atoms with E-state index in [2.05, 4.69) is 79.4 Å². The lowest BCUT2D eigenvalue weighted by atomic mass is 9.95. The number of hydrogen-bond acceptors (Lipinski definition) is 9. The van der Waals surface area contributed by atoms with Crippen molar-refractivity contribution in [3.63, 3.8) is 0 Å². The number of unbranched alkanes of at least 4 members (excludes halogenated alkanes) is 6. The van der Waals surface area contributed by atoms with Crippen molar-refractivity contribution in [2.75, 3.05) is 19.8 Å². The Morgan fingerprint density at radius 2 is 0.700 bits per heavy atom. The van der Waals surface area contributed by atoms with Crippen LogP contribution in [0.2, 0.25) is 0 Å². The summed E-state index contributed by atoms with van der Waals surface area (Å²) in [6.07, 6.45) is 11.7. The Morgan fingerprint density at radius 1 is 0.450 bits per heavy atom. The maximum absolute atomic E-state index is 12.9. The number of esters is 3. The standard InChI is InChI=1S/C31H58O6S3/c1-22(2)16-10-7-13-19-35-29(32)26(38)25(27(39)30(33)36-20-14-8-11-17-23(3)4)28(40)31(34)37-21-15-9-12-18-24(5)6/h22-28,38-40H,7-21H2,1-6H3. The first-order valence-corrected chi connectivity index (χ1v) is 17.0. The third kappa shape index (κ3) is 19.6. The lowest BCUT2D eigenvalue weighted by Gasteiger charge is -2.29. The van der Waals surface area contributed by atoms with Crippen molar-refractivity contribution in [2.24, 2.45) is 23.7 Å². The van der Waals surface area contributed by atoms with Gasteiger partial charge in [-0.2, -0.15) is 37.9 Å². The predicted octanol–water partition coefficient (Wildman–Crippen LogP) is 7.78. The van der Waals surface area contributed by atoms with E-state index in [0.717, 1.165) is 77.0 Å². The number of carbonyl (C=O) groups excluding carboxylic acids is 3. The first-order chi connectivity index (χ1) is 18.9. The van der Waals surface area contributed by atoms with E-state index in [1.54, 1.807) is 0 Å². The number of ether oxygens (including phenoxy) is 3. The normalized spacial score (nSPS) is 14.7. The molecule has 0 spiro atoms. The summed E-state index contributed by atoms with van der Waals surface area (Å²) >= 11 is 13.4. The lowest BCUT2D eigenvalue weighted by molar-refractivity contribution is -0.148. The molecule has 0 aliphatic carbocycles. The highest BCUT2D eigenvalue weighted by Crippen LogP contribution is 2.29. The summed E-state index contributed by atoms with van der Waals surface area (Å²) in [5.74, 6) is -0.835. The minimum atomic E-state index is -1.09. The van der Waals surface area contributed by atoms with Gasteiger partial charge in [0, 0.05) is 5.92 Å². The van der Waals surface area contributed by atoms with Crippen molar-refractivity contribution in [3.8, 4) is 0 Å². The van der Waals surface area contributed by atoms with E-state index >= 15 is 0 Å². The first kappa shape index (κ1) is 39.5. The van der Waals surface area contributed by atoms with Crippen LogP contribution >= 0.6 is 37.9 Å². The number of carbonyl (C=O) groups is 3. The molecule has 0 aromatic heterocycles. The molecule has 3 unspecified atom stereocenters. The summed E-state index contributed by atoms with van der Waals surface area (Å²) in [5, 5.41) is -3.26. The molecule has 9 heteroatoms. The molecule has 0 saturated carbocycles. The number of hydrogen-bond donors (Lipinski definition) is 3. The topological polar surface area (TPSA) is 78.9 Å². The molecular formula is C31H58O6S3. The fourth-order valence-electron chi connectivity index (χ4n) is 4.26. The van der Waals surface area contributed by atoms with Gasteiger partial charge in [0.25, 0.3) is 0 Å². The van der Waals surface area contributed by atoms with Crippen molar-refractivity contribution >= 4 is 55.8 Å². The summed E-state index contributed by atoms with van der Waals surface area (Å²) in [5.41, 5.74) is 0. The van der Waals surface area contributed by atoms with Crippen LogP contribution in [0.5, 0.6) is 0 Å². The van der Waals surface area contributed by atoms with Crippen molar-refractivity contribution < 1.29 is 28.6 Å². The quantitative estimate of drug-likeness (QED) is 0.0442. The van der Waals surface area contributed by atoms with Crippen LogP contribution in [0.25, 0.3) is 0 Å². The Kier molecular flexibility index (Phi) is 23.6. The van der Waals surface area contributed by atoms with Crippen molar-refractivity contribution in [1.29, 1.82) is 0 Å². The van der Waals surface area contributed by atoms with Crippen LogP contribution in [0.4, 0.5) is 0 Å². The lowest BCUT2D eigenvalue weighted by Crippen LogP contribution is -2.45. The molecule has 0 aromatic carbocycles. The molecule has 0 radical (unpaired) electrons. The van der Waals surface area contributed by atoms with E-state index in [4.69, 9.17) is 14.2 Å². The van der Waals surface area contributed by atoms with Gasteiger partial charge in [-0.05, 0) is 37.0 Å². The van der Waals surface area contributed by atoms with Crippen LogP contribution in [-0.2, 0) is 28.6 Å². The SMILES string of the molecule is CC(C)CCCCCOC(=O)C(S)C(C(S)C(=O)OCCCCCC(C)C)C(S)C(=O)OCCCCCC(C)C. The molecule has 0 N–H and O–H groups in total. The molecule has 0 aromatic rings. The minimum Gasteiger partial charge on any atom is -0.465 e. The molecule has 0 fully saturated rings. The van der Waals surface area contributed by atoms with Gasteiger partial charge >= 0.3 is 17.9 Å². The zero-order valence-corrected chi connectivity index (χ0v) is 28.6. The van der Waals surface area contributed by atoms with E-state index < -0.39 is 39.6 Å². The Morgan fingerprint density at radius 3 is 0.925 bits per heavy atom. The molecular weight excluding hydrogens is 565 g/mol. The summed E-state index contributed by atoms with van der Waals surface area (Å²) in [6.45, 7) is 13.9. The molecule has 0 heterocycles. The van der Waals surface area contributed by atoms with Crippen LogP contribution in [0.1, 0.15) is 119 Å². The fourth-order valence-corrected chi connectivity index (χ4v) is 5.92. The minimum absolute atomic E-state index is 0.261. The highest BCUT2D eigenvalue weighted by Gasteiger charge is 2.43. The average molecular weight is 623 g/mol. The summed E-state index contributed by atoms with van der Waals surface area (Å²) in [6, 6.07) is 0. The highest BCUT2D eigenvalue weighted by atomic mass is 32.1. The van der Waals surface area contributed by atoms with Crippen molar-refractivity contribution in [3.05, 3.63) is 0 Å². The van der Waals surface area contributed by atoms with Crippen LogP contribution in [0, 0.1) is 23.7 Å². The molecule has 0 amide bonds. The molecule has 0 rings (SSSR count). The Labute approximate surface area is 261 Å². The van der Waals surface area contributed by atoms with Crippen LogP contribution in [0.3, 0.4) is 0 Å². The summed E-state index contributed by atoms with van der Waals surface area (Å²) in [4.78, 5) is 38.6. The van der Waals surface area contributed by atoms with Gasteiger partial charge in [-0.1, -0.05) is 99.3 Å². The second kappa shape index (κ2) is 24.0. The Hall–Kier alpha value is -0.540. The first-order valence-electron chi connectivity index (χ1n) is 15.4. The smallest absolute Gasteiger partial charge is 0.319 e. The third-order valence-corrected chi connectivity index (χ3v) is 8.49. The van der Waals surface area contributed by atoms with Gasteiger partial charge in [-0.15, -0.1) is 0 Å². The Bertz CT molecular complexity index is 596. The molecule has 0 aliphatic rings. The van der Waals surface area contributed by atoms with E-state index in [0.29, 0.717) is 17.8 Å². The molecule has 40 heavy (non-hydrogen) atoms. The van der Waals surface area contributed by atoms with Gasteiger partial charge in [0.15, 0.2) is 0 Å². The van der Waals surface area contributed by atoms with Crippen LogP contribution in [0.15, 0.2) is 0 Å². The zero-order valence-electron chi connectivity index (χ0n) is 25.9. The van der Waals surface area contributed by atoms with E-state index in [-0.39, 0.29) is 19.8 Å². The largest absolute Gasteiger partial charge is 0.465 e. The van der Waals surface area contributed by atoms with Crippen molar-refractivity contribution in [2.45, 2.75) is 134 Å². The molecule has 3 atom stereocenters. The van der Waals surface area contributed by atoms with E-state index in [1.807, 2.05) is 0 Å². The molecule has 0 bridgehead atoms. The maximum Gasteiger partial charge on any atom is 0.319 e. The van der Waals surface area contributed by atoms with Gasteiger partial charge in [0.1, 0.15) is 15.7 Å². The van der Waals surface area contributed by atoms with Crippen molar-refractivity contribution in [1.82, 2.24) is 0 Å². The third-order valence-electron chi connectivity index (χ3n) is 6.83. The highest BCUT2D eigenvalue weighted by molar-refractivity contribution is 7.84. The fraction of sp³-hybridized carbons (Fsp3) is 0.903. The van der Waals surface area contributed by atoms with Crippen LogP contribution < -0.4 is 0 Å². The monoisotopic (exact) mass is 622 g/mol. The number of thiol groups is 3. The van der Waals surface area contributed by atoms with Crippen LogP contribution in [-0.4, -0.2) is 53.5 Å². The maximum atomic E-state index is 12.9. The van der Waals surface area contributed by atoms with Gasteiger partial charge in [0.2, 0.25) is 0 Å². The second-order valence-electron chi connectivity index (χ2n) is 12.1. The molecule has 0 aliphatic heterocycles. The molecule has 0 saturated heterocycles. The second-order valence-corrected chi connectivity index (χ2v) is 13.8. The predicted molar refractivity (Wildman–Crippen MR) is 175 cm³/mol. The van der Waals surface area contributed by atoms with Gasteiger partial charge in [-0.3, -0.25) is 14.4 Å². The van der Waals surface area contributed by atoms with E-state index in [1.165, 1.54) is 0 Å². The zero-order chi connectivity index (χ0) is 30.5. The molecule has 6 nitrogen and oxygen atoms in total. The van der Waals surface area contributed by atoms with E-state index in [9.17, 15) is 14.4 Å². The van der Waals surface area contributed by atoms with Gasteiger partial charge in [-0.25, -0.2) is 0 Å². The summed E-state index contributed by atoms with van der Waals surface area (Å²) in [7, 11) is 0. The average Bonchev–Trinajstić information content (AvgIpc) is 2.88. The molecule has 236 valence electrons. The van der Waals surface area contributed by atoms with Gasteiger partial charge in [0.05, 0.1) is 19.8 Å². The summed E-state index contributed by atoms with van der Waals surface area (Å²) < 4.78 is 16.4. The Balaban J connectivity index is 5.07.